The highest BCUT2D eigenvalue weighted by Crippen LogP contribution is 2.50. The number of hydrogen-bond acceptors (Lipinski definition) is 8. The molecule has 62 heavy (non-hydrogen) atoms. The molecule has 0 bridgehead atoms. The number of morpholine rings is 1. The summed E-state index contributed by atoms with van der Waals surface area (Å²) in [6.07, 6.45) is 1.46. The second-order valence-electron chi connectivity index (χ2n) is 21.5. The Bertz CT molecular complexity index is 2440. The zero-order valence-electron chi connectivity index (χ0n) is 38.9. The van der Waals surface area contributed by atoms with Gasteiger partial charge in [0, 0.05) is 36.2 Å². The number of esters is 1. The van der Waals surface area contributed by atoms with Crippen molar-refractivity contribution in [1.29, 1.82) is 0 Å². The highest BCUT2D eigenvalue weighted by Gasteiger charge is 2.48. The van der Waals surface area contributed by atoms with Gasteiger partial charge in [0.1, 0.15) is 11.7 Å². The quantitative estimate of drug-likeness (QED) is 0.125. The Balaban J connectivity index is 1.41. The van der Waals surface area contributed by atoms with E-state index >= 15 is 0 Å². The van der Waals surface area contributed by atoms with E-state index < -0.39 is 28.2 Å². The molecule has 2 atom stereocenters. The van der Waals surface area contributed by atoms with E-state index in [9.17, 15) is 18.0 Å². The predicted octanol–water partition coefficient (Wildman–Crippen LogP) is 10.8. The Hall–Kier alpha value is -4.87. The molecular formula is C48H66N6O7S. The summed E-state index contributed by atoms with van der Waals surface area (Å²) in [4.78, 5) is 38.5. The van der Waals surface area contributed by atoms with Crippen LogP contribution in [0.15, 0.2) is 47.4 Å². The molecule has 14 heteroatoms. The Labute approximate surface area is 368 Å². The molecule has 1 saturated carbocycles. The smallest absolute Gasteiger partial charge is 0.415 e. The molecule has 13 nitrogen and oxygen atoms in total. The standard InChI is InChI=1S/C48H66N6O7S/c1-29-24-34(46(6,7)8)39(35(25-29)47(9,10)11)60-43(55)37-38(49-14)42(61-44(56)53-20-22-59-23-21-53)54-41(37)50-40(51-54)31-16-15-17-33(26-31)52-62(57,58)36-27-32(19-18-30(36)2)48(12,13)28-45(3,4)5/h15-19,26-27,29,34-35,39,52H,20-25,28H2,1-13H3,(H,50,51). The van der Waals surface area contributed by atoms with Crippen LogP contribution in [0.1, 0.15) is 124 Å². The van der Waals surface area contributed by atoms with Crippen LogP contribution in [0.3, 0.4) is 0 Å². The van der Waals surface area contributed by atoms with Gasteiger partial charge in [0.25, 0.3) is 15.7 Å². The van der Waals surface area contributed by atoms with Crippen LogP contribution in [-0.2, 0) is 24.9 Å². The van der Waals surface area contributed by atoms with E-state index in [-0.39, 0.29) is 72.7 Å². The number of aromatic nitrogens is 3. The van der Waals surface area contributed by atoms with Crippen LogP contribution < -0.4 is 9.46 Å². The molecule has 2 fully saturated rings. The van der Waals surface area contributed by atoms with Gasteiger partial charge in [-0.2, -0.15) is 0 Å². The number of aryl methyl sites for hydroxylation is 1. The maximum Gasteiger partial charge on any atom is 0.415 e. The van der Waals surface area contributed by atoms with Crippen molar-refractivity contribution < 1.29 is 32.2 Å². The summed E-state index contributed by atoms with van der Waals surface area (Å²) in [6, 6.07) is 12.3. The van der Waals surface area contributed by atoms with Crippen molar-refractivity contribution in [2.75, 3.05) is 31.0 Å². The molecule has 3 heterocycles. The molecule has 2 aromatic heterocycles. The first-order valence-electron chi connectivity index (χ1n) is 21.7. The van der Waals surface area contributed by atoms with Gasteiger partial charge >= 0.3 is 12.1 Å². The zero-order valence-corrected chi connectivity index (χ0v) is 39.7. The van der Waals surface area contributed by atoms with Crippen LogP contribution in [0.25, 0.3) is 21.9 Å². The van der Waals surface area contributed by atoms with E-state index in [2.05, 4.69) is 97.8 Å². The Morgan fingerprint density at radius 2 is 1.58 bits per heavy atom. The van der Waals surface area contributed by atoms with Crippen LogP contribution in [0, 0.1) is 47.5 Å². The van der Waals surface area contributed by atoms with Crippen molar-refractivity contribution in [2.24, 2.45) is 34.0 Å². The predicted molar refractivity (Wildman–Crippen MR) is 242 cm³/mol. The van der Waals surface area contributed by atoms with Gasteiger partial charge in [0.15, 0.2) is 11.5 Å². The number of amides is 1. The molecule has 2 N–H and O–H groups in total. The summed E-state index contributed by atoms with van der Waals surface area (Å²) < 4.78 is 50.2. The van der Waals surface area contributed by atoms with Gasteiger partial charge in [-0.25, -0.2) is 32.4 Å². The van der Waals surface area contributed by atoms with Gasteiger partial charge < -0.3 is 19.1 Å². The Kier molecular flexibility index (Phi) is 12.8. The summed E-state index contributed by atoms with van der Waals surface area (Å²) in [5.41, 5.74) is 1.43. The van der Waals surface area contributed by atoms with E-state index in [0.717, 1.165) is 24.8 Å². The third kappa shape index (κ3) is 9.99. The van der Waals surface area contributed by atoms with E-state index in [1.165, 1.54) is 9.42 Å². The van der Waals surface area contributed by atoms with Crippen LogP contribution in [0.4, 0.5) is 16.2 Å². The molecule has 1 saturated heterocycles. The van der Waals surface area contributed by atoms with Gasteiger partial charge in [-0.05, 0) is 83.1 Å². The fourth-order valence-corrected chi connectivity index (χ4v) is 10.9. The van der Waals surface area contributed by atoms with Crippen molar-refractivity contribution >= 4 is 39.1 Å². The van der Waals surface area contributed by atoms with Gasteiger partial charge in [-0.3, -0.25) is 9.82 Å². The number of H-pyrrole nitrogens is 1. The fraction of sp³-hybridized carbons (Fsp3) is 0.583. The van der Waals surface area contributed by atoms with Crippen molar-refractivity contribution in [3.05, 3.63) is 70.6 Å². The largest absolute Gasteiger partial charge is 0.459 e. The molecule has 6 rings (SSSR count). The number of benzene rings is 2. The third-order valence-corrected chi connectivity index (χ3v) is 14.0. The molecule has 2 aromatic carbocycles. The van der Waals surface area contributed by atoms with Crippen LogP contribution in [0.5, 0.6) is 5.88 Å². The summed E-state index contributed by atoms with van der Waals surface area (Å²) >= 11 is 0. The lowest BCUT2D eigenvalue weighted by Crippen LogP contribution is -2.49. The van der Waals surface area contributed by atoms with Crippen LogP contribution in [-0.4, -0.2) is 72.4 Å². The van der Waals surface area contributed by atoms with Crippen molar-refractivity contribution in [3.8, 4) is 17.3 Å². The minimum Gasteiger partial charge on any atom is -0.459 e. The SMILES string of the molecule is [C-]#[N+]c1c(C(=O)OC2C(C(C)(C)C)CC(C)CC2C(C)(C)C)c2nc(-c3cccc(NS(=O)(=O)c4cc(C(C)(C)CC(C)(C)C)ccc4C)c3)[nH]n2c1OC(=O)N1CCOCC1. The molecule has 4 aromatic rings. The van der Waals surface area contributed by atoms with Crippen LogP contribution in [0.2, 0.25) is 0 Å². The van der Waals surface area contributed by atoms with Crippen LogP contribution >= 0.6 is 0 Å². The summed E-state index contributed by atoms with van der Waals surface area (Å²) in [5.74, 6) is -0.184. The summed E-state index contributed by atoms with van der Waals surface area (Å²) in [7, 11) is -4.04. The topological polar surface area (TPSA) is 149 Å². The van der Waals surface area contributed by atoms with Gasteiger partial charge in [0.2, 0.25) is 5.88 Å². The number of nitrogens with zero attached hydrogens (tertiary/aromatic N) is 4. The first-order valence-corrected chi connectivity index (χ1v) is 23.2. The maximum absolute atomic E-state index is 14.7. The lowest BCUT2D eigenvalue weighted by atomic mass is 9.59. The molecule has 1 amide bonds. The molecule has 2 unspecified atom stereocenters. The molecule has 336 valence electrons. The minimum atomic E-state index is -4.04. The third-order valence-electron chi connectivity index (χ3n) is 12.5. The van der Waals surface area contributed by atoms with Crippen molar-refractivity contribution in [1.82, 2.24) is 19.5 Å². The highest BCUT2D eigenvalue weighted by molar-refractivity contribution is 7.92. The lowest BCUT2D eigenvalue weighted by Gasteiger charge is -2.50. The number of ether oxygens (including phenoxy) is 3. The monoisotopic (exact) mass is 870 g/mol. The van der Waals surface area contributed by atoms with Crippen molar-refractivity contribution in [3.63, 3.8) is 0 Å². The zero-order chi connectivity index (χ0) is 45.7. The number of aromatic amines is 1. The van der Waals surface area contributed by atoms with Gasteiger partial charge in [-0.1, -0.05) is 107 Å². The normalized spacial score (nSPS) is 20.5. The second-order valence-corrected chi connectivity index (χ2v) is 23.2. The van der Waals surface area contributed by atoms with E-state index in [1.54, 1.807) is 37.3 Å². The number of nitrogens with one attached hydrogen (secondary N) is 2. The number of rotatable bonds is 9. The average molecular weight is 871 g/mol. The molecule has 1 aliphatic carbocycles. The number of sulfonamides is 1. The number of carbonyl (C=O) groups excluding carboxylic acids is 2. The van der Waals surface area contributed by atoms with E-state index in [4.69, 9.17) is 25.8 Å². The van der Waals surface area contributed by atoms with Gasteiger partial charge in [-0.15, -0.1) is 0 Å². The minimum absolute atomic E-state index is 0.0344. The molecule has 2 aliphatic rings. The fourth-order valence-electron chi connectivity index (χ4n) is 9.61. The van der Waals surface area contributed by atoms with Gasteiger partial charge in [0.05, 0.1) is 24.7 Å². The maximum atomic E-state index is 14.7. The number of anilines is 1. The van der Waals surface area contributed by atoms with E-state index in [1.807, 2.05) is 12.1 Å². The Morgan fingerprint density at radius 3 is 2.16 bits per heavy atom. The molecule has 1 aliphatic heterocycles. The number of carbonyl (C=O) groups is 2. The highest BCUT2D eigenvalue weighted by atomic mass is 32.2. The average Bonchev–Trinajstić information content (AvgIpc) is 3.71. The first kappa shape index (κ1) is 46.6. The summed E-state index contributed by atoms with van der Waals surface area (Å²) in [5, 5.41) is 3.14. The lowest BCUT2D eigenvalue weighted by molar-refractivity contribution is -0.0922. The van der Waals surface area contributed by atoms with E-state index in [0.29, 0.717) is 43.3 Å². The molecule has 0 spiro atoms. The number of fused-ring (bicyclic) bond motifs is 1. The van der Waals surface area contributed by atoms with Crippen molar-refractivity contribution in [2.45, 2.75) is 126 Å². The molecule has 0 radical (unpaired) electrons. The second kappa shape index (κ2) is 17.0. The number of hydrogen-bond donors (Lipinski definition) is 2. The Morgan fingerprint density at radius 1 is 0.952 bits per heavy atom. The summed E-state index contributed by atoms with van der Waals surface area (Å²) in [6.45, 7) is 37.4. The first-order chi connectivity index (χ1) is 28.7. The molecular weight excluding hydrogens is 805 g/mol.